The van der Waals surface area contributed by atoms with Crippen molar-refractivity contribution < 1.29 is 18.3 Å². The molecule has 35 heavy (non-hydrogen) atoms. The van der Waals surface area contributed by atoms with Gasteiger partial charge >= 0.3 is 6.18 Å². The van der Waals surface area contributed by atoms with Crippen LogP contribution in [0.5, 0.6) is 0 Å². The molecule has 0 saturated carbocycles. The molecule has 0 unspecified atom stereocenters. The lowest BCUT2D eigenvalue weighted by Gasteiger charge is -2.24. The van der Waals surface area contributed by atoms with E-state index in [-0.39, 0.29) is 5.95 Å². The van der Waals surface area contributed by atoms with Crippen molar-refractivity contribution in [2.24, 2.45) is 0 Å². The minimum Gasteiger partial charge on any atom is -0.390 e. The van der Waals surface area contributed by atoms with Gasteiger partial charge in [-0.05, 0) is 68.7 Å². The molecule has 0 aliphatic heterocycles. The third kappa shape index (κ3) is 6.23. The van der Waals surface area contributed by atoms with Crippen molar-refractivity contribution in [3.63, 3.8) is 0 Å². The summed E-state index contributed by atoms with van der Waals surface area (Å²) in [6.45, 7) is 5.46. The van der Waals surface area contributed by atoms with Gasteiger partial charge in [-0.1, -0.05) is 24.3 Å². The third-order valence-electron chi connectivity index (χ3n) is 5.26. The minimum atomic E-state index is -4.58. The summed E-state index contributed by atoms with van der Waals surface area (Å²) >= 11 is 1.53. The van der Waals surface area contributed by atoms with Crippen LogP contribution in [0.1, 0.15) is 36.5 Å². The number of aromatic nitrogens is 3. The number of benzene rings is 2. The molecule has 2 heterocycles. The lowest BCUT2D eigenvalue weighted by atomic mass is 10.0. The molecule has 0 saturated heterocycles. The third-order valence-corrected chi connectivity index (χ3v) is 6.36. The van der Waals surface area contributed by atoms with Gasteiger partial charge in [0.05, 0.1) is 21.2 Å². The van der Waals surface area contributed by atoms with Gasteiger partial charge in [0.2, 0.25) is 5.95 Å². The number of halogens is 3. The zero-order valence-corrected chi connectivity index (χ0v) is 20.4. The van der Waals surface area contributed by atoms with Crippen LogP contribution in [0.3, 0.4) is 0 Å². The monoisotopic (exact) mass is 498 g/mol. The van der Waals surface area contributed by atoms with E-state index in [1.807, 2.05) is 43.3 Å². The molecular weight excluding hydrogens is 473 g/mol. The SMILES string of the molecule is Cc1cc(-c2cnc(CCC(C)(C)O)s2)cc(N(c2ccccc2)c2nccc(C(F)(F)F)n2)c1. The molecule has 0 fully saturated rings. The largest absolute Gasteiger partial charge is 0.433 e. The summed E-state index contributed by atoms with van der Waals surface area (Å²) < 4.78 is 40.2. The van der Waals surface area contributed by atoms with E-state index in [9.17, 15) is 18.3 Å². The maximum atomic E-state index is 13.4. The molecule has 0 aliphatic carbocycles. The first-order valence-corrected chi connectivity index (χ1v) is 11.9. The summed E-state index contributed by atoms with van der Waals surface area (Å²) in [6, 6.07) is 15.7. The summed E-state index contributed by atoms with van der Waals surface area (Å²) in [7, 11) is 0. The molecule has 2 aromatic heterocycles. The van der Waals surface area contributed by atoms with Gasteiger partial charge < -0.3 is 5.11 Å². The number of nitrogens with zero attached hydrogens (tertiary/aromatic N) is 4. The van der Waals surface area contributed by atoms with Gasteiger partial charge in [-0.2, -0.15) is 13.2 Å². The predicted octanol–water partition coefficient (Wildman–Crippen LogP) is 7.10. The summed E-state index contributed by atoms with van der Waals surface area (Å²) in [4.78, 5) is 15.0. The molecule has 182 valence electrons. The molecule has 0 aliphatic rings. The van der Waals surface area contributed by atoms with Crippen molar-refractivity contribution in [1.29, 1.82) is 0 Å². The lowest BCUT2D eigenvalue weighted by molar-refractivity contribution is -0.141. The predicted molar refractivity (Wildman–Crippen MR) is 132 cm³/mol. The Morgan fingerprint density at radius 2 is 1.71 bits per heavy atom. The molecule has 4 rings (SSSR count). The molecule has 0 bridgehead atoms. The zero-order valence-electron chi connectivity index (χ0n) is 19.5. The molecule has 4 aromatic rings. The highest BCUT2D eigenvalue weighted by Gasteiger charge is 2.33. The summed E-state index contributed by atoms with van der Waals surface area (Å²) in [6.07, 6.45) is -0.429. The Labute approximate surface area is 206 Å². The average molecular weight is 499 g/mol. The molecule has 0 spiro atoms. The van der Waals surface area contributed by atoms with E-state index < -0.39 is 17.5 Å². The van der Waals surface area contributed by atoms with Gasteiger partial charge in [0, 0.05) is 24.5 Å². The molecule has 9 heteroatoms. The van der Waals surface area contributed by atoms with Crippen molar-refractivity contribution in [3.8, 4) is 10.4 Å². The van der Waals surface area contributed by atoms with Crippen molar-refractivity contribution in [2.75, 3.05) is 4.90 Å². The minimum absolute atomic E-state index is 0.0715. The second-order valence-electron chi connectivity index (χ2n) is 8.90. The van der Waals surface area contributed by atoms with Gasteiger partial charge in [0.1, 0.15) is 5.69 Å². The van der Waals surface area contributed by atoms with E-state index in [1.165, 1.54) is 11.3 Å². The summed E-state index contributed by atoms with van der Waals surface area (Å²) in [5, 5.41) is 10.9. The number of thiazole rings is 1. The van der Waals surface area contributed by atoms with Crippen molar-refractivity contribution in [3.05, 3.63) is 83.3 Å². The van der Waals surface area contributed by atoms with E-state index in [0.717, 1.165) is 33.3 Å². The second-order valence-corrected chi connectivity index (χ2v) is 10.0. The normalized spacial score (nSPS) is 12.1. The van der Waals surface area contributed by atoms with Crippen LogP contribution in [0.15, 0.2) is 67.0 Å². The van der Waals surface area contributed by atoms with E-state index in [1.54, 1.807) is 37.1 Å². The number of anilines is 3. The molecule has 2 aromatic carbocycles. The van der Waals surface area contributed by atoms with Crippen molar-refractivity contribution >= 4 is 28.7 Å². The Morgan fingerprint density at radius 1 is 0.971 bits per heavy atom. The Balaban J connectivity index is 1.77. The van der Waals surface area contributed by atoms with E-state index >= 15 is 0 Å². The first kappa shape index (κ1) is 24.8. The number of aliphatic hydroxyl groups is 1. The molecule has 0 radical (unpaired) electrons. The number of rotatable bonds is 7. The van der Waals surface area contributed by atoms with Crippen LogP contribution in [-0.2, 0) is 12.6 Å². The van der Waals surface area contributed by atoms with Crippen LogP contribution in [0.4, 0.5) is 30.5 Å². The van der Waals surface area contributed by atoms with Gasteiger partial charge in [-0.3, -0.25) is 4.90 Å². The second kappa shape index (κ2) is 9.75. The topological polar surface area (TPSA) is 62.1 Å². The van der Waals surface area contributed by atoms with Crippen LogP contribution in [0.25, 0.3) is 10.4 Å². The fraction of sp³-hybridized carbons (Fsp3) is 0.269. The quantitative estimate of drug-likeness (QED) is 0.294. The zero-order chi connectivity index (χ0) is 25.2. The number of hydrogen-bond donors (Lipinski definition) is 1. The Bertz CT molecular complexity index is 1300. The highest BCUT2D eigenvalue weighted by Crippen LogP contribution is 2.38. The standard InChI is InChI=1S/C26H25F3N4OS/c1-17-13-18(21-16-31-23(35-21)9-11-25(2,3)34)15-20(14-17)33(19-7-5-4-6-8-19)24-30-12-10-22(32-24)26(27,28)29/h4-8,10,12-16,34H,9,11H2,1-3H3. The highest BCUT2D eigenvalue weighted by atomic mass is 32.1. The summed E-state index contributed by atoms with van der Waals surface area (Å²) in [5.74, 6) is -0.0715. The number of alkyl halides is 3. The molecule has 1 N–H and O–H groups in total. The fourth-order valence-electron chi connectivity index (χ4n) is 3.58. The molecule has 0 amide bonds. The maximum Gasteiger partial charge on any atom is 0.433 e. The maximum absolute atomic E-state index is 13.4. The van der Waals surface area contributed by atoms with Gasteiger partial charge in [-0.25, -0.2) is 15.0 Å². The number of hydrogen-bond acceptors (Lipinski definition) is 6. The van der Waals surface area contributed by atoms with Crippen LogP contribution in [-0.4, -0.2) is 25.7 Å². The Kier molecular flexibility index (Phi) is 6.91. The van der Waals surface area contributed by atoms with Gasteiger partial charge in [-0.15, -0.1) is 11.3 Å². The highest BCUT2D eigenvalue weighted by molar-refractivity contribution is 7.15. The molecule has 0 atom stereocenters. The Morgan fingerprint density at radius 3 is 2.40 bits per heavy atom. The number of para-hydroxylation sites is 1. The average Bonchev–Trinajstić information content (AvgIpc) is 3.27. The number of aryl methyl sites for hydroxylation is 2. The Hall–Kier alpha value is -3.30. The van der Waals surface area contributed by atoms with E-state index in [4.69, 9.17) is 0 Å². The fourth-order valence-corrected chi connectivity index (χ4v) is 4.48. The van der Waals surface area contributed by atoms with E-state index in [0.29, 0.717) is 24.2 Å². The lowest BCUT2D eigenvalue weighted by Crippen LogP contribution is -2.19. The molecular formula is C26H25F3N4OS. The van der Waals surface area contributed by atoms with Gasteiger partial charge in [0.15, 0.2) is 0 Å². The first-order chi connectivity index (χ1) is 16.5. The smallest absolute Gasteiger partial charge is 0.390 e. The van der Waals surface area contributed by atoms with E-state index in [2.05, 4.69) is 15.0 Å². The van der Waals surface area contributed by atoms with Crippen molar-refractivity contribution in [2.45, 2.75) is 45.4 Å². The van der Waals surface area contributed by atoms with Crippen LogP contribution in [0, 0.1) is 6.92 Å². The van der Waals surface area contributed by atoms with Gasteiger partial charge in [0.25, 0.3) is 0 Å². The molecule has 5 nitrogen and oxygen atoms in total. The van der Waals surface area contributed by atoms with Crippen LogP contribution >= 0.6 is 11.3 Å². The van der Waals surface area contributed by atoms with Crippen molar-refractivity contribution in [1.82, 2.24) is 15.0 Å². The first-order valence-electron chi connectivity index (χ1n) is 11.0. The van der Waals surface area contributed by atoms with Crippen LogP contribution < -0.4 is 4.90 Å². The van der Waals surface area contributed by atoms with Crippen LogP contribution in [0.2, 0.25) is 0 Å². The summed E-state index contributed by atoms with van der Waals surface area (Å²) in [5.41, 5.74) is 1.31.